The van der Waals surface area contributed by atoms with Crippen molar-refractivity contribution >= 4 is 32.7 Å². The normalized spacial score (nSPS) is 16.2. The Kier molecular flexibility index (Phi) is 6.53. The Hall–Kier alpha value is -4.02. The molecule has 1 aliphatic heterocycles. The number of benzene rings is 2. The lowest BCUT2D eigenvalue weighted by Gasteiger charge is -2.22. The lowest BCUT2D eigenvalue weighted by molar-refractivity contribution is 0.104. The molecule has 1 saturated heterocycles. The zero-order chi connectivity index (χ0) is 25.1. The number of nitrogens with one attached hydrogen (secondary N) is 2. The summed E-state index contributed by atoms with van der Waals surface area (Å²) in [6, 6.07) is 16.1. The van der Waals surface area contributed by atoms with Crippen molar-refractivity contribution in [2.75, 3.05) is 18.4 Å². The van der Waals surface area contributed by atoms with Crippen molar-refractivity contribution in [3.63, 3.8) is 0 Å². The molecule has 1 unspecified atom stereocenters. The number of ether oxygens (including phenoxy) is 1. The lowest BCUT2D eigenvalue weighted by Crippen LogP contribution is -2.38. The van der Waals surface area contributed by atoms with Crippen LogP contribution in [0.15, 0.2) is 79.1 Å². The molecule has 9 nitrogen and oxygen atoms in total. The molecular weight excluding hydrogens is 478 g/mol. The number of carbonyl (C=O) groups excluding carboxylic acids is 1. The highest BCUT2D eigenvalue weighted by molar-refractivity contribution is 7.92. The number of H-pyrrole nitrogens is 1. The van der Waals surface area contributed by atoms with Gasteiger partial charge in [-0.05, 0) is 49.2 Å². The van der Waals surface area contributed by atoms with Gasteiger partial charge in [0.2, 0.25) is 10.0 Å². The van der Waals surface area contributed by atoms with Gasteiger partial charge < -0.3 is 15.0 Å². The number of sulfonamides is 1. The smallest absolute Gasteiger partial charge is 0.235 e. The molecule has 0 spiro atoms. The second-order valence-corrected chi connectivity index (χ2v) is 10.2. The van der Waals surface area contributed by atoms with Gasteiger partial charge >= 0.3 is 0 Å². The second-order valence-electron chi connectivity index (χ2n) is 8.42. The van der Waals surface area contributed by atoms with Crippen molar-refractivity contribution in [1.29, 1.82) is 0 Å². The molecule has 0 amide bonds. The highest BCUT2D eigenvalue weighted by Crippen LogP contribution is 2.28. The van der Waals surface area contributed by atoms with Crippen molar-refractivity contribution in [3.05, 3.63) is 90.2 Å². The third-order valence-electron chi connectivity index (χ3n) is 6.18. The van der Waals surface area contributed by atoms with E-state index in [4.69, 9.17) is 4.74 Å². The van der Waals surface area contributed by atoms with Crippen LogP contribution < -0.4 is 10.1 Å². The number of rotatable bonds is 9. The number of ketones is 1. The first kappa shape index (κ1) is 23.7. The van der Waals surface area contributed by atoms with Crippen molar-refractivity contribution in [1.82, 2.24) is 19.3 Å². The van der Waals surface area contributed by atoms with Crippen molar-refractivity contribution in [2.45, 2.75) is 18.9 Å². The quantitative estimate of drug-likeness (QED) is 0.327. The zero-order valence-corrected chi connectivity index (χ0v) is 20.2. The van der Waals surface area contributed by atoms with Crippen LogP contribution in [-0.4, -0.2) is 52.6 Å². The van der Waals surface area contributed by atoms with Crippen LogP contribution in [0.1, 0.15) is 28.8 Å². The van der Waals surface area contributed by atoms with E-state index in [-0.39, 0.29) is 11.8 Å². The Morgan fingerprint density at radius 1 is 1.14 bits per heavy atom. The third kappa shape index (κ3) is 4.73. The van der Waals surface area contributed by atoms with Gasteiger partial charge in [-0.2, -0.15) is 4.31 Å². The number of aromatic amines is 1. The van der Waals surface area contributed by atoms with Gasteiger partial charge in [0.05, 0.1) is 10.9 Å². The summed E-state index contributed by atoms with van der Waals surface area (Å²) in [6.45, 7) is 4.24. The summed E-state index contributed by atoms with van der Waals surface area (Å²) < 4.78 is 31.9. The molecule has 10 heteroatoms. The Morgan fingerprint density at radius 3 is 2.64 bits per heavy atom. The van der Waals surface area contributed by atoms with Gasteiger partial charge in [-0.1, -0.05) is 24.8 Å². The zero-order valence-electron chi connectivity index (χ0n) is 19.4. The van der Waals surface area contributed by atoms with E-state index in [1.54, 1.807) is 30.5 Å². The predicted molar refractivity (Wildman–Crippen MR) is 138 cm³/mol. The Balaban J connectivity index is 1.36. The largest absolute Gasteiger partial charge is 0.457 e. The van der Waals surface area contributed by atoms with E-state index in [0.29, 0.717) is 52.6 Å². The second kappa shape index (κ2) is 9.92. The van der Waals surface area contributed by atoms with Crippen molar-refractivity contribution < 1.29 is 17.9 Å². The maximum absolute atomic E-state index is 13.4. The number of hydrogen-bond acceptors (Lipinski definition) is 7. The summed E-state index contributed by atoms with van der Waals surface area (Å²) >= 11 is 0. The number of fused-ring (bicyclic) bond motifs is 1. The summed E-state index contributed by atoms with van der Waals surface area (Å²) in [6.07, 6.45) is 4.52. The number of aromatic nitrogens is 3. The minimum atomic E-state index is -3.51. The van der Waals surface area contributed by atoms with E-state index in [0.717, 1.165) is 18.2 Å². The summed E-state index contributed by atoms with van der Waals surface area (Å²) in [5, 5.41) is 4.78. The van der Waals surface area contributed by atoms with Crippen LogP contribution in [0.5, 0.6) is 11.5 Å². The molecule has 0 saturated carbocycles. The SMILES string of the molecule is C=CS(=O)(=O)N1CCCC1CNc1ncnc2[nH]cc(C(=O)c3ccc(Oc4ccccc4)cc3)c12. The van der Waals surface area contributed by atoms with E-state index in [9.17, 15) is 13.2 Å². The maximum atomic E-state index is 13.4. The molecule has 1 fully saturated rings. The summed E-state index contributed by atoms with van der Waals surface area (Å²) in [5.74, 6) is 1.61. The fourth-order valence-electron chi connectivity index (χ4n) is 4.39. The topological polar surface area (TPSA) is 117 Å². The van der Waals surface area contributed by atoms with Crippen molar-refractivity contribution in [3.8, 4) is 11.5 Å². The number of anilines is 1. The maximum Gasteiger partial charge on any atom is 0.235 e. The Bertz CT molecular complexity index is 1500. The highest BCUT2D eigenvalue weighted by Gasteiger charge is 2.32. The van der Waals surface area contributed by atoms with Crippen LogP contribution in [0.2, 0.25) is 0 Å². The van der Waals surface area contributed by atoms with Crippen LogP contribution in [0.4, 0.5) is 5.82 Å². The fraction of sp³-hybridized carbons (Fsp3) is 0.192. The molecule has 5 rings (SSSR count). The van der Waals surface area contributed by atoms with E-state index < -0.39 is 10.0 Å². The monoisotopic (exact) mass is 503 g/mol. The van der Waals surface area contributed by atoms with Crippen LogP contribution in [-0.2, 0) is 10.0 Å². The van der Waals surface area contributed by atoms with Crippen molar-refractivity contribution in [2.24, 2.45) is 0 Å². The molecule has 36 heavy (non-hydrogen) atoms. The minimum absolute atomic E-state index is 0.193. The number of para-hydroxylation sites is 1. The molecule has 0 bridgehead atoms. The Labute approximate surface area is 208 Å². The molecule has 2 N–H and O–H groups in total. The average molecular weight is 504 g/mol. The number of hydrogen-bond donors (Lipinski definition) is 2. The van der Waals surface area contributed by atoms with E-state index in [1.807, 2.05) is 30.3 Å². The van der Waals surface area contributed by atoms with Gasteiger partial charge in [-0.15, -0.1) is 0 Å². The number of nitrogens with zero attached hydrogens (tertiary/aromatic N) is 3. The molecular formula is C26H25N5O4S. The van der Waals surface area contributed by atoms with E-state index in [2.05, 4.69) is 26.8 Å². The molecule has 0 radical (unpaired) electrons. The van der Waals surface area contributed by atoms with Gasteiger partial charge in [-0.3, -0.25) is 4.79 Å². The molecule has 2 aromatic carbocycles. The van der Waals surface area contributed by atoms with Gasteiger partial charge in [-0.25, -0.2) is 18.4 Å². The standard InChI is InChI=1S/C26H25N5O4S/c1-2-36(33,34)31-14-6-7-19(31)15-27-25-23-22(16-28-26(23)30-17-29-25)24(32)18-10-12-21(13-11-18)35-20-8-4-3-5-9-20/h2-5,8-13,16-17,19H,1,6-7,14-15H2,(H2,27,28,29,30). The highest BCUT2D eigenvalue weighted by atomic mass is 32.2. The lowest BCUT2D eigenvalue weighted by atomic mass is 10.0. The first-order valence-corrected chi connectivity index (χ1v) is 13.0. The van der Waals surface area contributed by atoms with E-state index in [1.165, 1.54) is 10.6 Å². The molecule has 3 heterocycles. The third-order valence-corrected chi connectivity index (χ3v) is 7.73. The van der Waals surface area contributed by atoms with Crippen LogP contribution >= 0.6 is 0 Å². The molecule has 1 aliphatic rings. The van der Waals surface area contributed by atoms with E-state index >= 15 is 0 Å². The first-order chi connectivity index (χ1) is 17.5. The molecule has 184 valence electrons. The van der Waals surface area contributed by atoms with Gasteiger partial charge in [0.15, 0.2) is 5.78 Å². The predicted octanol–water partition coefficient (Wildman–Crippen LogP) is 4.33. The summed E-state index contributed by atoms with van der Waals surface area (Å²) in [4.78, 5) is 25.0. The summed E-state index contributed by atoms with van der Waals surface area (Å²) in [7, 11) is -3.51. The van der Waals surface area contributed by atoms with Crippen LogP contribution in [0.3, 0.4) is 0 Å². The van der Waals surface area contributed by atoms with Gasteiger partial charge in [0.1, 0.15) is 29.3 Å². The minimum Gasteiger partial charge on any atom is -0.457 e. The molecule has 1 atom stereocenters. The molecule has 0 aliphatic carbocycles. The van der Waals surface area contributed by atoms with Crippen LogP contribution in [0.25, 0.3) is 11.0 Å². The average Bonchev–Trinajstić information content (AvgIpc) is 3.56. The first-order valence-electron chi connectivity index (χ1n) is 11.5. The van der Waals surface area contributed by atoms with Gasteiger partial charge in [0, 0.05) is 36.3 Å². The Morgan fingerprint density at radius 2 is 1.89 bits per heavy atom. The molecule has 2 aromatic heterocycles. The summed E-state index contributed by atoms with van der Waals surface area (Å²) in [5.41, 5.74) is 1.43. The van der Waals surface area contributed by atoms with Crippen LogP contribution in [0, 0.1) is 0 Å². The molecule has 4 aromatic rings. The van der Waals surface area contributed by atoms with Gasteiger partial charge in [0.25, 0.3) is 0 Å². The fourth-order valence-corrected chi connectivity index (χ4v) is 5.56. The number of carbonyl (C=O) groups is 1.